The first-order valence-corrected chi connectivity index (χ1v) is 6.16. The molecular formula is C16H12O4. The quantitative estimate of drug-likeness (QED) is 0.929. The number of ether oxygens (including phenoxy) is 2. The van der Waals surface area contributed by atoms with Crippen LogP contribution in [0, 0.1) is 0 Å². The standard InChI is InChI=1S/C16H12O4/c17-15(18)13-10-11-6-4-5-9-14(11)20-16(13)19-12-7-2-1-3-8-12/h1-10,16H,(H,17,18). The van der Waals surface area contributed by atoms with E-state index in [4.69, 9.17) is 9.47 Å². The Bertz CT molecular complexity index is 661. The summed E-state index contributed by atoms with van der Waals surface area (Å²) in [6.45, 7) is 0. The molecule has 100 valence electrons. The molecule has 1 aliphatic rings. The molecule has 1 unspecified atom stereocenters. The summed E-state index contributed by atoms with van der Waals surface area (Å²) < 4.78 is 11.3. The third kappa shape index (κ3) is 2.36. The van der Waals surface area contributed by atoms with Crippen molar-refractivity contribution in [2.45, 2.75) is 6.29 Å². The predicted octanol–water partition coefficient (Wildman–Crippen LogP) is 2.95. The molecule has 20 heavy (non-hydrogen) atoms. The minimum atomic E-state index is -1.06. The average molecular weight is 268 g/mol. The lowest BCUT2D eigenvalue weighted by Crippen LogP contribution is -2.32. The summed E-state index contributed by atoms with van der Waals surface area (Å²) >= 11 is 0. The maximum atomic E-state index is 11.3. The molecule has 2 aromatic carbocycles. The molecule has 1 atom stereocenters. The third-order valence-electron chi connectivity index (χ3n) is 2.95. The Morgan fingerprint density at radius 3 is 2.50 bits per heavy atom. The average Bonchev–Trinajstić information content (AvgIpc) is 2.47. The highest BCUT2D eigenvalue weighted by Crippen LogP contribution is 2.30. The van der Waals surface area contributed by atoms with Crippen molar-refractivity contribution in [2.24, 2.45) is 0 Å². The van der Waals surface area contributed by atoms with Gasteiger partial charge in [0.15, 0.2) is 0 Å². The highest BCUT2D eigenvalue weighted by molar-refractivity contribution is 5.94. The van der Waals surface area contributed by atoms with Crippen LogP contribution < -0.4 is 9.47 Å². The minimum absolute atomic E-state index is 0.0764. The molecule has 2 aromatic rings. The summed E-state index contributed by atoms with van der Waals surface area (Å²) in [6.07, 6.45) is 0.624. The van der Waals surface area contributed by atoms with E-state index in [1.54, 1.807) is 30.3 Å². The van der Waals surface area contributed by atoms with E-state index in [2.05, 4.69) is 0 Å². The van der Waals surface area contributed by atoms with Crippen molar-refractivity contribution in [3.63, 3.8) is 0 Å². The van der Waals surface area contributed by atoms with E-state index in [0.717, 1.165) is 5.56 Å². The van der Waals surface area contributed by atoms with Crippen LogP contribution in [0.4, 0.5) is 0 Å². The molecule has 0 fully saturated rings. The Kier molecular flexibility index (Phi) is 3.13. The number of hydrogen-bond donors (Lipinski definition) is 1. The topological polar surface area (TPSA) is 55.8 Å². The summed E-state index contributed by atoms with van der Waals surface area (Å²) in [7, 11) is 0. The highest BCUT2D eigenvalue weighted by atomic mass is 16.7. The van der Waals surface area contributed by atoms with Gasteiger partial charge in [-0.05, 0) is 24.3 Å². The van der Waals surface area contributed by atoms with Crippen molar-refractivity contribution in [3.8, 4) is 11.5 Å². The molecule has 0 radical (unpaired) electrons. The van der Waals surface area contributed by atoms with E-state index in [9.17, 15) is 9.90 Å². The molecule has 0 bridgehead atoms. The van der Waals surface area contributed by atoms with Gasteiger partial charge >= 0.3 is 5.97 Å². The van der Waals surface area contributed by atoms with Crippen molar-refractivity contribution in [2.75, 3.05) is 0 Å². The molecule has 4 heteroatoms. The number of carbonyl (C=O) groups is 1. The SMILES string of the molecule is O=C(O)C1=Cc2ccccc2OC1Oc1ccccc1. The molecule has 4 nitrogen and oxygen atoms in total. The van der Waals surface area contributed by atoms with Gasteiger partial charge in [0.2, 0.25) is 0 Å². The molecule has 0 saturated carbocycles. The van der Waals surface area contributed by atoms with Crippen LogP contribution in [-0.2, 0) is 4.79 Å². The molecule has 3 rings (SSSR count). The van der Waals surface area contributed by atoms with Crippen LogP contribution in [0.2, 0.25) is 0 Å². The second-order valence-corrected chi connectivity index (χ2v) is 4.32. The number of benzene rings is 2. The number of hydrogen-bond acceptors (Lipinski definition) is 3. The Labute approximate surface area is 115 Å². The van der Waals surface area contributed by atoms with Crippen molar-refractivity contribution in [3.05, 3.63) is 65.7 Å². The first-order valence-electron chi connectivity index (χ1n) is 6.16. The summed E-state index contributed by atoms with van der Waals surface area (Å²) in [5.74, 6) is 0.114. The Morgan fingerprint density at radius 2 is 1.75 bits per heavy atom. The van der Waals surface area contributed by atoms with Crippen LogP contribution in [0.25, 0.3) is 6.08 Å². The summed E-state index contributed by atoms with van der Waals surface area (Å²) in [6, 6.07) is 16.2. The molecular weight excluding hydrogens is 256 g/mol. The van der Waals surface area contributed by atoms with Crippen LogP contribution in [0.5, 0.6) is 11.5 Å². The van der Waals surface area contributed by atoms with E-state index >= 15 is 0 Å². The number of carboxylic acid groups (broad SMARTS) is 1. The van der Waals surface area contributed by atoms with E-state index in [-0.39, 0.29) is 5.57 Å². The number of aliphatic carboxylic acids is 1. The second-order valence-electron chi connectivity index (χ2n) is 4.32. The van der Waals surface area contributed by atoms with Crippen molar-refractivity contribution < 1.29 is 19.4 Å². The van der Waals surface area contributed by atoms with E-state index in [1.165, 1.54) is 0 Å². The smallest absolute Gasteiger partial charge is 0.339 e. The van der Waals surface area contributed by atoms with Crippen molar-refractivity contribution in [1.82, 2.24) is 0 Å². The van der Waals surface area contributed by atoms with Gasteiger partial charge in [0, 0.05) is 5.56 Å². The van der Waals surface area contributed by atoms with Gasteiger partial charge < -0.3 is 14.6 Å². The number of para-hydroxylation sites is 2. The lowest BCUT2D eigenvalue weighted by molar-refractivity contribution is -0.135. The van der Waals surface area contributed by atoms with Crippen molar-refractivity contribution in [1.29, 1.82) is 0 Å². The van der Waals surface area contributed by atoms with Gasteiger partial charge in [0.25, 0.3) is 6.29 Å². The zero-order chi connectivity index (χ0) is 13.9. The summed E-state index contributed by atoms with van der Waals surface area (Å²) in [5.41, 5.74) is 0.811. The zero-order valence-electron chi connectivity index (χ0n) is 10.5. The molecule has 1 aliphatic heterocycles. The van der Waals surface area contributed by atoms with E-state index < -0.39 is 12.3 Å². The lowest BCUT2D eigenvalue weighted by Gasteiger charge is -2.25. The molecule has 0 aromatic heterocycles. The predicted molar refractivity (Wildman–Crippen MR) is 73.5 cm³/mol. The summed E-state index contributed by atoms with van der Waals surface area (Å²) in [5, 5.41) is 9.28. The minimum Gasteiger partial charge on any atom is -0.478 e. The molecule has 0 aliphatic carbocycles. The van der Waals surface area contributed by atoms with Gasteiger partial charge in [-0.2, -0.15) is 0 Å². The monoisotopic (exact) mass is 268 g/mol. The first kappa shape index (κ1) is 12.3. The first-order chi connectivity index (χ1) is 9.74. The fraction of sp³-hybridized carbons (Fsp3) is 0.0625. The Hall–Kier alpha value is -2.75. The van der Waals surface area contributed by atoms with Crippen LogP contribution >= 0.6 is 0 Å². The fourth-order valence-electron chi connectivity index (χ4n) is 1.99. The summed E-state index contributed by atoms with van der Waals surface area (Å²) in [4.78, 5) is 11.3. The van der Waals surface area contributed by atoms with Gasteiger partial charge in [-0.1, -0.05) is 36.4 Å². The number of fused-ring (bicyclic) bond motifs is 1. The maximum Gasteiger partial charge on any atom is 0.339 e. The molecule has 0 spiro atoms. The van der Waals surface area contributed by atoms with Gasteiger partial charge in [-0.15, -0.1) is 0 Å². The molecule has 1 heterocycles. The van der Waals surface area contributed by atoms with Gasteiger partial charge in [-0.25, -0.2) is 4.79 Å². The van der Waals surface area contributed by atoms with E-state index in [1.807, 2.05) is 30.3 Å². The Balaban J connectivity index is 1.94. The van der Waals surface area contributed by atoms with Crippen LogP contribution in [0.1, 0.15) is 5.56 Å². The zero-order valence-corrected chi connectivity index (χ0v) is 10.5. The number of carboxylic acids is 1. The fourth-order valence-corrected chi connectivity index (χ4v) is 1.99. The highest BCUT2D eigenvalue weighted by Gasteiger charge is 2.29. The van der Waals surface area contributed by atoms with Crippen molar-refractivity contribution >= 4 is 12.0 Å². The van der Waals surface area contributed by atoms with Gasteiger partial charge in [0.05, 0.1) is 0 Å². The molecule has 0 saturated heterocycles. The second kappa shape index (κ2) is 5.09. The van der Waals surface area contributed by atoms with Gasteiger partial charge in [-0.3, -0.25) is 0 Å². The normalized spacial score (nSPS) is 16.6. The number of rotatable bonds is 3. The largest absolute Gasteiger partial charge is 0.478 e. The molecule has 0 amide bonds. The van der Waals surface area contributed by atoms with Crippen LogP contribution in [0.3, 0.4) is 0 Å². The van der Waals surface area contributed by atoms with Crippen LogP contribution in [-0.4, -0.2) is 17.4 Å². The van der Waals surface area contributed by atoms with E-state index in [0.29, 0.717) is 11.5 Å². The molecule has 1 N–H and O–H groups in total. The lowest BCUT2D eigenvalue weighted by atomic mass is 10.1. The van der Waals surface area contributed by atoms with Crippen LogP contribution in [0.15, 0.2) is 60.2 Å². The van der Waals surface area contributed by atoms with Gasteiger partial charge in [0.1, 0.15) is 17.1 Å². The third-order valence-corrected chi connectivity index (χ3v) is 2.95. The Morgan fingerprint density at radius 1 is 1.05 bits per heavy atom. The maximum absolute atomic E-state index is 11.3.